The van der Waals surface area contributed by atoms with Crippen molar-refractivity contribution in [2.75, 3.05) is 10.5 Å². The van der Waals surface area contributed by atoms with Crippen molar-refractivity contribution in [1.82, 2.24) is 9.97 Å². The molecule has 7 heteroatoms. The maximum atomic E-state index is 12.5. The van der Waals surface area contributed by atoms with Crippen molar-refractivity contribution in [3.63, 3.8) is 0 Å². The van der Waals surface area contributed by atoms with E-state index >= 15 is 0 Å². The molecule has 0 fully saturated rings. The molecule has 0 aliphatic carbocycles. The van der Waals surface area contributed by atoms with Gasteiger partial charge < -0.3 is 10.7 Å². The number of hydrogen-bond donors (Lipinski definition) is 3. The van der Waals surface area contributed by atoms with Crippen LogP contribution in [-0.4, -0.2) is 18.4 Å². The van der Waals surface area contributed by atoms with Crippen molar-refractivity contribution in [3.8, 4) is 0 Å². The molecule has 3 rings (SSSR count). The Morgan fingerprint density at radius 1 is 1.29 bits per heavy atom. The SMILES string of the molecule is Cc1ncccc1NS(=O)(=O)c1c[nH]c2ccc(N)cc12. The number of pyridine rings is 1. The summed E-state index contributed by atoms with van der Waals surface area (Å²) >= 11 is 0. The Labute approximate surface area is 122 Å². The summed E-state index contributed by atoms with van der Waals surface area (Å²) < 4.78 is 27.6. The molecule has 0 aliphatic heterocycles. The number of fused-ring (bicyclic) bond motifs is 1. The molecule has 0 aliphatic rings. The molecule has 0 bridgehead atoms. The van der Waals surface area contributed by atoms with Crippen LogP contribution in [-0.2, 0) is 10.0 Å². The van der Waals surface area contributed by atoms with Gasteiger partial charge in [0.15, 0.2) is 0 Å². The molecule has 21 heavy (non-hydrogen) atoms. The van der Waals surface area contributed by atoms with Crippen molar-refractivity contribution >= 4 is 32.3 Å². The number of aryl methyl sites for hydroxylation is 1. The molecule has 108 valence electrons. The number of sulfonamides is 1. The normalized spacial score (nSPS) is 11.7. The Hall–Kier alpha value is -2.54. The lowest BCUT2D eigenvalue weighted by Crippen LogP contribution is -2.13. The summed E-state index contributed by atoms with van der Waals surface area (Å²) in [6.45, 7) is 1.74. The molecule has 6 nitrogen and oxygen atoms in total. The van der Waals surface area contributed by atoms with Gasteiger partial charge in [-0.05, 0) is 37.3 Å². The summed E-state index contributed by atoms with van der Waals surface area (Å²) in [6, 6.07) is 8.45. The highest BCUT2D eigenvalue weighted by Crippen LogP contribution is 2.26. The van der Waals surface area contributed by atoms with Gasteiger partial charge in [0, 0.05) is 29.0 Å². The molecule has 2 heterocycles. The zero-order valence-electron chi connectivity index (χ0n) is 11.3. The predicted octanol–water partition coefficient (Wildman–Crippen LogP) is 2.25. The lowest BCUT2D eigenvalue weighted by Gasteiger charge is -2.09. The van der Waals surface area contributed by atoms with E-state index in [-0.39, 0.29) is 4.90 Å². The molecular weight excluding hydrogens is 288 g/mol. The van der Waals surface area contributed by atoms with Crippen molar-refractivity contribution in [2.45, 2.75) is 11.8 Å². The summed E-state index contributed by atoms with van der Waals surface area (Å²) in [4.78, 5) is 7.16. The van der Waals surface area contributed by atoms with E-state index in [9.17, 15) is 8.42 Å². The second-order valence-electron chi connectivity index (χ2n) is 4.70. The zero-order valence-corrected chi connectivity index (χ0v) is 12.1. The number of H-pyrrole nitrogens is 1. The van der Waals surface area contributed by atoms with Gasteiger partial charge in [0.25, 0.3) is 10.0 Å². The third-order valence-corrected chi connectivity index (χ3v) is 4.61. The number of nitrogens with one attached hydrogen (secondary N) is 2. The number of aromatic amines is 1. The van der Waals surface area contributed by atoms with Gasteiger partial charge >= 0.3 is 0 Å². The molecule has 0 amide bonds. The molecule has 0 radical (unpaired) electrons. The fraction of sp³-hybridized carbons (Fsp3) is 0.0714. The molecular formula is C14H14N4O2S. The number of aromatic nitrogens is 2. The highest BCUT2D eigenvalue weighted by Gasteiger charge is 2.20. The summed E-state index contributed by atoms with van der Waals surface area (Å²) in [7, 11) is -3.71. The first-order valence-electron chi connectivity index (χ1n) is 6.28. The van der Waals surface area contributed by atoms with Gasteiger partial charge in [-0.2, -0.15) is 0 Å². The fourth-order valence-corrected chi connectivity index (χ4v) is 3.41. The zero-order chi connectivity index (χ0) is 15.0. The van der Waals surface area contributed by atoms with Crippen LogP contribution in [0.1, 0.15) is 5.69 Å². The number of anilines is 2. The van der Waals surface area contributed by atoms with E-state index in [0.717, 1.165) is 0 Å². The standard InChI is InChI=1S/C14H14N4O2S/c1-9-12(3-2-6-16-9)18-21(19,20)14-8-17-13-5-4-10(15)7-11(13)14/h2-8,17-18H,15H2,1H3. The fourth-order valence-electron chi connectivity index (χ4n) is 2.13. The highest BCUT2D eigenvalue weighted by molar-refractivity contribution is 7.93. The largest absolute Gasteiger partial charge is 0.399 e. The number of nitrogen functional groups attached to an aromatic ring is 1. The molecule has 4 N–H and O–H groups in total. The van der Waals surface area contributed by atoms with E-state index in [4.69, 9.17) is 5.73 Å². The van der Waals surface area contributed by atoms with Crippen molar-refractivity contribution in [1.29, 1.82) is 0 Å². The van der Waals surface area contributed by atoms with Crippen LogP contribution < -0.4 is 10.5 Å². The average Bonchev–Trinajstić information content (AvgIpc) is 2.85. The Bertz CT molecular complexity index is 916. The third kappa shape index (κ3) is 2.43. The molecule has 0 atom stereocenters. The first-order chi connectivity index (χ1) is 9.97. The van der Waals surface area contributed by atoms with Gasteiger partial charge in [-0.1, -0.05) is 0 Å². The van der Waals surface area contributed by atoms with E-state index in [2.05, 4.69) is 14.7 Å². The Morgan fingerprint density at radius 3 is 2.86 bits per heavy atom. The van der Waals surface area contributed by atoms with Gasteiger partial charge in [-0.25, -0.2) is 8.42 Å². The van der Waals surface area contributed by atoms with E-state index in [1.54, 1.807) is 43.5 Å². The van der Waals surface area contributed by atoms with Gasteiger partial charge in [0.1, 0.15) is 4.90 Å². The first-order valence-corrected chi connectivity index (χ1v) is 7.77. The second kappa shape index (κ2) is 4.78. The molecule has 0 spiro atoms. The number of benzene rings is 1. The van der Waals surface area contributed by atoms with Crippen LogP contribution in [0.4, 0.5) is 11.4 Å². The predicted molar refractivity (Wildman–Crippen MR) is 82.5 cm³/mol. The minimum Gasteiger partial charge on any atom is -0.399 e. The van der Waals surface area contributed by atoms with Gasteiger partial charge in [0.05, 0.1) is 11.4 Å². The molecule has 3 aromatic rings. The van der Waals surface area contributed by atoms with Crippen molar-refractivity contribution < 1.29 is 8.42 Å². The van der Waals surface area contributed by atoms with Crippen LogP contribution in [0.5, 0.6) is 0 Å². The smallest absolute Gasteiger partial charge is 0.264 e. The van der Waals surface area contributed by atoms with Gasteiger partial charge in [0.2, 0.25) is 0 Å². The molecule has 0 unspecified atom stereocenters. The summed E-state index contributed by atoms with van der Waals surface area (Å²) in [5, 5.41) is 0.559. The summed E-state index contributed by atoms with van der Waals surface area (Å²) in [5.74, 6) is 0. The van der Waals surface area contributed by atoms with Crippen LogP contribution in [0.2, 0.25) is 0 Å². The molecule has 1 aromatic carbocycles. The molecule has 0 saturated carbocycles. The summed E-state index contributed by atoms with van der Waals surface area (Å²) in [5.41, 5.74) is 8.02. The van der Waals surface area contributed by atoms with E-state index < -0.39 is 10.0 Å². The average molecular weight is 302 g/mol. The summed E-state index contributed by atoms with van der Waals surface area (Å²) in [6.07, 6.45) is 3.07. The monoisotopic (exact) mass is 302 g/mol. The van der Waals surface area contributed by atoms with Crippen molar-refractivity contribution in [3.05, 3.63) is 48.4 Å². The minimum atomic E-state index is -3.71. The van der Waals surface area contributed by atoms with Crippen LogP contribution in [0, 0.1) is 6.92 Å². The number of hydrogen-bond acceptors (Lipinski definition) is 4. The maximum absolute atomic E-state index is 12.5. The highest BCUT2D eigenvalue weighted by atomic mass is 32.2. The van der Waals surface area contributed by atoms with E-state index in [1.807, 2.05) is 0 Å². The Morgan fingerprint density at radius 2 is 2.10 bits per heavy atom. The first kappa shape index (κ1) is 13.4. The molecule has 2 aromatic heterocycles. The van der Waals surface area contributed by atoms with Crippen LogP contribution in [0.3, 0.4) is 0 Å². The minimum absolute atomic E-state index is 0.160. The maximum Gasteiger partial charge on any atom is 0.264 e. The van der Waals surface area contributed by atoms with E-state index in [1.165, 1.54) is 6.20 Å². The third-order valence-electron chi connectivity index (χ3n) is 3.21. The van der Waals surface area contributed by atoms with Crippen LogP contribution in [0.25, 0.3) is 10.9 Å². The quantitative estimate of drug-likeness (QED) is 0.646. The molecule has 0 saturated heterocycles. The Kier molecular flexibility index (Phi) is 3.06. The van der Waals surface area contributed by atoms with Crippen molar-refractivity contribution in [2.24, 2.45) is 0 Å². The number of nitrogens with two attached hydrogens (primary N) is 1. The lowest BCUT2D eigenvalue weighted by atomic mass is 10.2. The number of rotatable bonds is 3. The van der Waals surface area contributed by atoms with Crippen LogP contribution in [0.15, 0.2) is 47.6 Å². The van der Waals surface area contributed by atoms with E-state index in [0.29, 0.717) is 28.0 Å². The number of nitrogens with zero attached hydrogens (tertiary/aromatic N) is 1. The Balaban J connectivity index is 2.09. The lowest BCUT2D eigenvalue weighted by molar-refractivity contribution is 0.602. The van der Waals surface area contributed by atoms with Gasteiger partial charge in [-0.3, -0.25) is 9.71 Å². The van der Waals surface area contributed by atoms with Crippen LogP contribution >= 0.6 is 0 Å². The topological polar surface area (TPSA) is 101 Å². The second-order valence-corrected chi connectivity index (χ2v) is 6.35. The van der Waals surface area contributed by atoms with Gasteiger partial charge in [-0.15, -0.1) is 0 Å².